The van der Waals surface area contributed by atoms with Crippen LogP contribution in [0.5, 0.6) is 0 Å². The maximum atomic E-state index is 12.7. The summed E-state index contributed by atoms with van der Waals surface area (Å²) in [5.41, 5.74) is 0. The Kier molecular flexibility index (Phi) is 6.60. The van der Waals surface area contributed by atoms with E-state index in [1.807, 2.05) is 4.90 Å². The number of hydrogen-bond acceptors (Lipinski definition) is 3. The summed E-state index contributed by atoms with van der Waals surface area (Å²) in [7, 11) is 3.50. The molecule has 2 heterocycles. The van der Waals surface area contributed by atoms with Gasteiger partial charge in [-0.3, -0.25) is 9.59 Å². The molecule has 0 bridgehead atoms. The zero-order valence-corrected chi connectivity index (χ0v) is 16.8. The van der Waals surface area contributed by atoms with Crippen molar-refractivity contribution in [2.75, 3.05) is 33.7 Å². The first-order valence-corrected chi connectivity index (χ1v) is 10.5. The summed E-state index contributed by atoms with van der Waals surface area (Å²) in [6.45, 7) is 1.90. The molecule has 0 spiro atoms. The number of amides is 4. The first kappa shape index (κ1) is 20.0. The average molecular weight is 379 g/mol. The fraction of sp³-hybridized carbons (Fsp3) is 0.850. The average Bonchev–Trinajstić information content (AvgIpc) is 2.86. The van der Waals surface area contributed by atoms with Gasteiger partial charge in [0.25, 0.3) is 0 Å². The Morgan fingerprint density at radius 3 is 2.22 bits per heavy atom. The Bertz CT molecular complexity index is 549. The Labute approximate surface area is 162 Å². The predicted molar refractivity (Wildman–Crippen MR) is 103 cm³/mol. The third-order valence-electron chi connectivity index (χ3n) is 6.29. The van der Waals surface area contributed by atoms with Gasteiger partial charge in [0, 0.05) is 52.1 Å². The van der Waals surface area contributed by atoms with E-state index in [-0.39, 0.29) is 29.8 Å². The zero-order valence-electron chi connectivity index (χ0n) is 16.8. The lowest BCUT2D eigenvalue weighted by atomic mass is 9.95. The number of likely N-dealkylation sites (tertiary alicyclic amines) is 2. The normalized spacial score (nSPS) is 25.4. The van der Waals surface area contributed by atoms with Gasteiger partial charge < -0.3 is 20.0 Å². The molecule has 1 atom stereocenters. The smallest absolute Gasteiger partial charge is 0.319 e. The second-order valence-electron chi connectivity index (χ2n) is 8.54. The van der Waals surface area contributed by atoms with Crippen molar-refractivity contribution in [2.24, 2.45) is 5.92 Å². The quantitative estimate of drug-likeness (QED) is 0.762. The monoisotopic (exact) mass is 378 g/mol. The number of rotatable bonds is 3. The van der Waals surface area contributed by atoms with Gasteiger partial charge in [-0.2, -0.15) is 0 Å². The first-order chi connectivity index (χ1) is 13.0. The van der Waals surface area contributed by atoms with E-state index in [0.717, 1.165) is 12.8 Å². The van der Waals surface area contributed by atoms with E-state index in [9.17, 15) is 14.4 Å². The molecule has 1 N–H and O–H groups in total. The lowest BCUT2D eigenvalue weighted by Crippen LogP contribution is -2.48. The summed E-state index contributed by atoms with van der Waals surface area (Å²) >= 11 is 0. The van der Waals surface area contributed by atoms with Crippen LogP contribution in [0.3, 0.4) is 0 Å². The van der Waals surface area contributed by atoms with E-state index in [4.69, 9.17) is 0 Å². The summed E-state index contributed by atoms with van der Waals surface area (Å²) in [4.78, 5) is 42.5. The van der Waals surface area contributed by atoms with Gasteiger partial charge in [-0.15, -0.1) is 0 Å². The molecule has 2 aliphatic heterocycles. The number of urea groups is 1. The minimum absolute atomic E-state index is 0.00860. The lowest BCUT2D eigenvalue weighted by Gasteiger charge is -2.33. The summed E-state index contributed by atoms with van der Waals surface area (Å²) in [5.74, 6) is 0.185. The maximum Gasteiger partial charge on any atom is 0.319 e. The first-order valence-electron chi connectivity index (χ1n) is 10.5. The van der Waals surface area contributed by atoms with E-state index in [0.29, 0.717) is 44.9 Å². The molecule has 0 radical (unpaired) electrons. The third-order valence-corrected chi connectivity index (χ3v) is 6.29. The molecule has 1 saturated carbocycles. The van der Waals surface area contributed by atoms with Crippen molar-refractivity contribution in [1.29, 1.82) is 0 Å². The van der Waals surface area contributed by atoms with Gasteiger partial charge in [0.2, 0.25) is 11.8 Å². The summed E-state index contributed by atoms with van der Waals surface area (Å²) in [5, 5.41) is 3.12. The molecule has 152 valence electrons. The highest BCUT2D eigenvalue weighted by Gasteiger charge is 2.36. The molecule has 7 nitrogen and oxygen atoms in total. The lowest BCUT2D eigenvalue weighted by molar-refractivity contribution is -0.129. The molecule has 1 aliphatic carbocycles. The van der Waals surface area contributed by atoms with Gasteiger partial charge in [0.05, 0.1) is 6.04 Å². The van der Waals surface area contributed by atoms with Crippen molar-refractivity contribution in [3.05, 3.63) is 0 Å². The topological polar surface area (TPSA) is 73.0 Å². The number of hydrogen-bond donors (Lipinski definition) is 1. The van der Waals surface area contributed by atoms with E-state index in [1.54, 1.807) is 23.9 Å². The zero-order chi connectivity index (χ0) is 19.4. The molecule has 2 saturated heterocycles. The van der Waals surface area contributed by atoms with Gasteiger partial charge in [-0.25, -0.2) is 4.79 Å². The summed E-state index contributed by atoms with van der Waals surface area (Å²) in [6, 6.07) is 0.311. The van der Waals surface area contributed by atoms with Crippen LogP contribution in [0.1, 0.15) is 57.8 Å². The van der Waals surface area contributed by atoms with Gasteiger partial charge in [-0.1, -0.05) is 25.7 Å². The van der Waals surface area contributed by atoms with Crippen LogP contribution in [0.15, 0.2) is 0 Å². The second kappa shape index (κ2) is 8.93. The molecule has 0 aromatic carbocycles. The highest BCUT2D eigenvalue weighted by atomic mass is 16.2. The van der Waals surface area contributed by atoms with E-state index < -0.39 is 0 Å². The Balaban J connectivity index is 1.46. The Morgan fingerprint density at radius 2 is 1.63 bits per heavy atom. The summed E-state index contributed by atoms with van der Waals surface area (Å²) in [6.07, 6.45) is 8.97. The SMILES string of the molecule is CN(C)C(=O)N1CCC(C(=O)N[C@@H]2CC(=O)N(C3CCCCCC3)C2)CC1. The van der Waals surface area contributed by atoms with Gasteiger partial charge >= 0.3 is 6.03 Å². The molecule has 0 unspecified atom stereocenters. The van der Waals surface area contributed by atoms with Crippen LogP contribution in [0.2, 0.25) is 0 Å². The number of piperidine rings is 1. The maximum absolute atomic E-state index is 12.7. The molecule has 0 aromatic heterocycles. The fourth-order valence-corrected chi connectivity index (χ4v) is 4.69. The van der Waals surface area contributed by atoms with Gasteiger partial charge in [-0.05, 0) is 25.7 Å². The van der Waals surface area contributed by atoms with Crippen LogP contribution in [0.4, 0.5) is 4.79 Å². The Morgan fingerprint density at radius 1 is 1.00 bits per heavy atom. The van der Waals surface area contributed by atoms with E-state index >= 15 is 0 Å². The standard InChI is InChI=1S/C20H34N4O3/c1-22(2)20(27)23-11-9-15(10-12-23)19(26)21-16-13-18(25)24(14-16)17-7-5-3-4-6-8-17/h15-17H,3-14H2,1-2H3,(H,21,26)/t16-/m1/s1. The van der Waals surface area contributed by atoms with E-state index in [1.165, 1.54) is 25.7 Å². The van der Waals surface area contributed by atoms with Crippen LogP contribution in [0, 0.1) is 5.92 Å². The minimum atomic E-state index is -0.0605. The molecular formula is C20H34N4O3. The molecule has 3 aliphatic rings. The molecule has 7 heteroatoms. The van der Waals surface area contributed by atoms with Gasteiger partial charge in [0.15, 0.2) is 0 Å². The van der Waals surface area contributed by atoms with Crippen molar-refractivity contribution in [2.45, 2.75) is 69.9 Å². The minimum Gasteiger partial charge on any atom is -0.351 e. The molecule has 27 heavy (non-hydrogen) atoms. The molecule has 3 fully saturated rings. The molecular weight excluding hydrogens is 344 g/mol. The van der Waals surface area contributed by atoms with Gasteiger partial charge in [0.1, 0.15) is 0 Å². The molecule has 3 rings (SSSR count). The van der Waals surface area contributed by atoms with Crippen molar-refractivity contribution >= 4 is 17.8 Å². The predicted octanol–water partition coefficient (Wildman–Crippen LogP) is 1.82. The molecule has 4 amide bonds. The highest BCUT2D eigenvalue weighted by Crippen LogP contribution is 2.26. The number of nitrogens with one attached hydrogen (secondary N) is 1. The number of carbonyl (C=O) groups excluding carboxylic acids is 3. The molecule has 0 aromatic rings. The summed E-state index contributed by atoms with van der Waals surface area (Å²) < 4.78 is 0. The van der Waals surface area contributed by atoms with Crippen LogP contribution in [-0.4, -0.2) is 78.4 Å². The van der Waals surface area contributed by atoms with Crippen molar-refractivity contribution in [3.8, 4) is 0 Å². The van der Waals surface area contributed by atoms with Crippen LogP contribution in [0.25, 0.3) is 0 Å². The third kappa shape index (κ3) is 4.93. The van der Waals surface area contributed by atoms with Crippen LogP contribution < -0.4 is 5.32 Å². The van der Waals surface area contributed by atoms with E-state index in [2.05, 4.69) is 5.32 Å². The van der Waals surface area contributed by atoms with Crippen molar-refractivity contribution in [3.63, 3.8) is 0 Å². The number of carbonyl (C=O) groups is 3. The van der Waals surface area contributed by atoms with Crippen molar-refractivity contribution < 1.29 is 14.4 Å². The van der Waals surface area contributed by atoms with Crippen molar-refractivity contribution in [1.82, 2.24) is 20.0 Å². The van der Waals surface area contributed by atoms with Crippen LogP contribution in [-0.2, 0) is 9.59 Å². The highest BCUT2D eigenvalue weighted by molar-refractivity contribution is 5.83. The Hall–Kier alpha value is -1.79. The largest absolute Gasteiger partial charge is 0.351 e. The fourth-order valence-electron chi connectivity index (χ4n) is 4.69. The second-order valence-corrected chi connectivity index (χ2v) is 8.54. The number of nitrogens with zero attached hydrogens (tertiary/aromatic N) is 3. The van der Waals surface area contributed by atoms with Crippen LogP contribution >= 0.6 is 0 Å².